The molecule has 0 aliphatic carbocycles. The fraction of sp³-hybridized carbons (Fsp3) is 0.286. The molecular weight excluding hydrogens is 392 g/mol. The lowest BCUT2D eigenvalue weighted by Gasteiger charge is -2.50. The first-order valence-electron chi connectivity index (χ1n) is 11.3. The topological polar surface area (TPSA) is 0 Å². The molecule has 0 spiro atoms. The predicted octanol–water partition coefficient (Wildman–Crippen LogP) is 6.78. The average Bonchev–Trinajstić information content (AvgIpc) is 2.77. The molecule has 2 atom stereocenters. The first-order valence-corrected chi connectivity index (χ1v) is 16.4. The molecule has 0 saturated heterocycles. The highest BCUT2D eigenvalue weighted by molar-refractivity contribution is 7.22. The molecule has 0 radical (unpaired) electrons. The van der Waals surface area contributed by atoms with E-state index in [2.05, 4.69) is 126 Å². The quantitative estimate of drug-likeness (QED) is 0.403. The van der Waals surface area contributed by atoms with Crippen molar-refractivity contribution in [2.45, 2.75) is 51.9 Å². The van der Waals surface area contributed by atoms with E-state index in [0.717, 1.165) is 0 Å². The minimum Gasteiger partial charge on any atom is -0.0646 e. The van der Waals surface area contributed by atoms with E-state index in [4.69, 9.17) is 0 Å². The molecule has 154 valence electrons. The Morgan fingerprint density at radius 2 is 0.767 bits per heavy atom. The van der Waals surface area contributed by atoms with Gasteiger partial charge in [-0.15, -0.1) is 0 Å². The Hall–Kier alpha value is -2.17. The lowest BCUT2D eigenvalue weighted by atomic mass is 10.1. The van der Waals surface area contributed by atoms with Gasteiger partial charge in [-0.25, -0.2) is 0 Å². The van der Waals surface area contributed by atoms with E-state index in [1.165, 1.54) is 11.1 Å². The highest BCUT2D eigenvalue weighted by atomic mass is 28.3. The van der Waals surface area contributed by atoms with Gasteiger partial charge in [-0.05, 0) is 32.6 Å². The van der Waals surface area contributed by atoms with Gasteiger partial charge in [0.15, 0.2) is 0 Å². The first kappa shape index (κ1) is 21.1. The SMILES string of the molecule is CC(C)[Si@@]1(C)C(c2ccccc2)=C(c2ccccc2)[Si@](C)(C(C)C)c2ccccc21. The summed E-state index contributed by atoms with van der Waals surface area (Å²) in [7, 11) is -3.94. The molecule has 0 unspecified atom stereocenters. The van der Waals surface area contributed by atoms with E-state index < -0.39 is 16.1 Å². The van der Waals surface area contributed by atoms with Crippen LogP contribution in [0.15, 0.2) is 84.9 Å². The second-order valence-corrected chi connectivity index (χ2v) is 18.9. The van der Waals surface area contributed by atoms with E-state index >= 15 is 0 Å². The summed E-state index contributed by atoms with van der Waals surface area (Å²) in [6.07, 6.45) is 0. The fourth-order valence-electron chi connectivity index (χ4n) is 5.47. The third-order valence-corrected chi connectivity index (χ3v) is 19.2. The normalized spacial score (nSPS) is 23.7. The van der Waals surface area contributed by atoms with Crippen molar-refractivity contribution < 1.29 is 0 Å². The van der Waals surface area contributed by atoms with Crippen LogP contribution >= 0.6 is 0 Å². The van der Waals surface area contributed by atoms with Crippen LogP contribution in [-0.2, 0) is 0 Å². The highest BCUT2D eigenvalue weighted by Gasteiger charge is 2.52. The minimum absolute atomic E-state index is 0.623. The van der Waals surface area contributed by atoms with Crippen LogP contribution in [0.2, 0.25) is 24.2 Å². The van der Waals surface area contributed by atoms with Crippen molar-refractivity contribution in [1.29, 1.82) is 0 Å². The van der Waals surface area contributed by atoms with E-state index in [9.17, 15) is 0 Å². The Morgan fingerprint density at radius 1 is 0.467 bits per heavy atom. The molecule has 0 aromatic heterocycles. The van der Waals surface area contributed by atoms with Gasteiger partial charge in [0, 0.05) is 0 Å². The van der Waals surface area contributed by atoms with Crippen LogP contribution in [0, 0.1) is 0 Å². The Morgan fingerprint density at radius 3 is 1.07 bits per heavy atom. The number of rotatable bonds is 4. The maximum Gasteiger partial charge on any atom is 0.118 e. The summed E-state index contributed by atoms with van der Waals surface area (Å²) in [4.78, 5) is 0. The van der Waals surface area contributed by atoms with Crippen LogP contribution in [0.5, 0.6) is 0 Å². The summed E-state index contributed by atoms with van der Waals surface area (Å²) in [5.74, 6) is 0. The molecule has 0 N–H and O–H groups in total. The molecule has 3 aromatic rings. The third kappa shape index (κ3) is 3.00. The van der Waals surface area contributed by atoms with E-state index in [1.54, 1.807) is 20.8 Å². The van der Waals surface area contributed by atoms with Crippen molar-refractivity contribution >= 4 is 36.9 Å². The van der Waals surface area contributed by atoms with Crippen molar-refractivity contribution in [3.8, 4) is 0 Å². The van der Waals surface area contributed by atoms with E-state index in [1.807, 2.05) is 0 Å². The van der Waals surface area contributed by atoms with Crippen LogP contribution < -0.4 is 10.4 Å². The van der Waals surface area contributed by atoms with Crippen molar-refractivity contribution in [3.05, 3.63) is 96.1 Å². The molecule has 1 heterocycles. The summed E-state index contributed by atoms with van der Waals surface area (Å²) >= 11 is 0. The molecular formula is C28H34Si2. The Labute approximate surface area is 184 Å². The standard InChI is InChI=1S/C28H34Si2/c1-21(2)29(5)25-19-13-14-20-26(25)30(6,22(3)4)28(24-17-11-8-12-18-24)27(29)23-15-9-7-10-16-23/h7-22H,1-6H3/t29-,30-/m1/s1. The second kappa shape index (κ2) is 7.83. The van der Waals surface area contributed by atoms with Crippen LogP contribution in [0.3, 0.4) is 0 Å². The molecule has 4 rings (SSSR count). The second-order valence-electron chi connectivity index (χ2n) is 9.74. The zero-order valence-electron chi connectivity index (χ0n) is 19.2. The van der Waals surface area contributed by atoms with Gasteiger partial charge in [0.25, 0.3) is 0 Å². The predicted molar refractivity (Wildman–Crippen MR) is 139 cm³/mol. The molecule has 30 heavy (non-hydrogen) atoms. The lowest BCUT2D eigenvalue weighted by molar-refractivity contribution is 1.02. The van der Waals surface area contributed by atoms with Gasteiger partial charge in [-0.2, -0.15) is 0 Å². The highest BCUT2D eigenvalue weighted by Crippen LogP contribution is 2.48. The van der Waals surface area contributed by atoms with Crippen molar-refractivity contribution in [2.24, 2.45) is 0 Å². The number of fused-ring (bicyclic) bond motifs is 1. The zero-order valence-corrected chi connectivity index (χ0v) is 21.2. The van der Waals surface area contributed by atoms with Crippen molar-refractivity contribution in [1.82, 2.24) is 0 Å². The third-order valence-electron chi connectivity index (χ3n) is 7.77. The summed E-state index contributed by atoms with van der Waals surface area (Å²) in [6.45, 7) is 15.1. The van der Waals surface area contributed by atoms with E-state index in [-0.39, 0.29) is 0 Å². The zero-order chi connectivity index (χ0) is 21.5. The molecule has 0 amide bonds. The minimum atomic E-state index is -1.97. The summed E-state index contributed by atoms with van der Waals surface area (Å²) in [6, 6.07) is 32.1. The maximum absolute atomic E-state index is 2.62. The van der Waals surface area contributed by atoms with Gasteiger partial charge in [-0.3, -0.25) is 0 Å². The van der Waals surface area contributed by atoms with Gasteiger partial charge in [0.05, 0.1) is 0 Å². The molecule has 0 fully saturated rings. The number of hydrogen-bond acceptors (Lipinski definition) is 0. The van der Waals surface area contributed by atoms with Crippen LogP contribution in [0.4, 0.5) is 0 Å². The van der Waals surface area contributed by atoms with Gasteiger partial charge in [0.2, 0.25) is 0 Å². The molecule has 0 nitrogen and oxygen atoms in total. The van der Waals surface area contributed by atoms with Crippen LogP contribution in [0.1, 0.15) is 38.8 Å². The Kier molecular flexibility index (Phi) is 5.50. The van der Waals surface area contributed by atoms with E-state index in [0.29, 0.717) is 11.1 Å². The molecule has 0 saturated carbocycles. The number of benzene rings is 3. The summed E-state index contributed by atoms with van der Waals surface area (Å²) in [5, 5.41) is 6.74. The molecule has 0 bridgehead atoms. The molecule has 3 aromatic carbocycles. The molecule has 2 heteroatoms. The maximum atomic E-state index is 2.62. The van der Waals surface area contributed by atoms with Gasteiger partial charge in [0.1, 0.15) is 16.1 Å². The van der Waals surface area contributed by atoms with Crippen LogP contribution in [-0.4, -0.2) is 16.1 Å². The van der Waals surface area contributed by atoms with Crippen molar-refractivity contribution in [2.75, 3.05) is 0 Å². The average molecular weight is 427 g/mol. The van der Waals surface area contributed by atoms with Gasteiger partial charge < -0.3 is 0 Å². The summed E-state index contributed by atoms with van der Waals surface area (Å²) < 4.78 is 0. The first-order chi connectivity index (χ1) is 14.3. The fourth-order valence-corrected chi connectivity index (χ4v) is 16.6. The molecule has 1 aliphatic heterocycles. The molecule has 1 aliphatic rings. The monoisotopic (exact) mass is 426 g/mol. The van der Waals surface area contributed by atoms with Gasteiger partial charge >= 0.3 is 0 Å². The Bertz CT molecular complexity index is 980. The number of hydrogen-bond donors (Lipinski definition) is 0. The Balaban J connectivity index is 2.24. The summed E-state index contributed by atoms with van der Waals surface area (Å²) in [5.41, 5.74) is 4.12. The lowest BCUT2D eigenvalue weighted by Crippen LogP contribution is -2.68. The smallest absolute Gasteiger partial charge is 0.0646 e. The largest absolute Gasteiger partial charge is 0.118 e. The van der Waals surface area contributed by atoms with Crippen molar-refractivity contribution in [3.63, 3.8) is 0 Å². The van der Waals surface area contributed by atoms with Gasteiger partial charge in [-0.1, -0.05) is 136 Å². The van der Waals surface area contributed by atoms with Crippen LogP contribution in [0.25, 0.3) is 10.4 Å².